The minimum atomic E-state index is 0.600. The van der Waals surface area contributed by atoms with E-state index < -0.39 is 0 Å². The van der Waals surface area contributed by atoms with Crippen LogP contribution in [0.5, 0.6) is 5.75 Å². The van der Waals surface area contributed by atoms with Crippen molar-refractivity contribution in [2.45, 2.75) is 0 Å². The standard InChI is InChI=1S/C9H7ClO/c10-5-7-6-11-9-4-2-1-3-8(7)9/h1-5H,6H2. The van der Waals surface area contributed by atoms with Gasteiger partial charge in [0.25, 0.3) is 0 Å². The molecule has 11 heavy (non-hydrogen) atoms. The van der Waals surface area contributed by atoms with Crippen LogP contribution in [0.25, 0.3) is 5.57 Å². The number of hydrogen-bond donors (Lipinski definition) is 0. The van der Waals surface area contributed by atoms with Gasteiger partial charge in [0.2, 0.25) is 0 Å². The zero-order chi connectivity index (χ0) is 7.68. The first-order valence-electron chi connectivity index (χ1n) is 3.43. The van der Waals surface area contributed by atoms with Gasteiger partial charge in [-0.15, -0.1) is 0 Å². The van der Waals surface area contributed by atoms with Crippen molar-refractivity contribution in [3.63, 3.8) is 0 Å². The van der Waals surface area contributed by atoms with Crippen molar-refractivity contribution in [2.75, 3.05) is 6.61 Å². The Morgan fingerprint density at radius 1 is 1.36 bits per heavy atom. The van der Waals surface area contributed by atoms with Gasteiger partial charge in [-0.2, -0.15) is 0 Å². The Kier molecular flexibility index (Phi) is 1.59. The molecule has 1 aliphatic rings. The molecule has 0 fully saturated rings. The van der Waals surface area contributed by atoms with E-state index in [9.17, 15) is 0 Å². The molecule has 56 valence electrons. The van der Waals surface area contributed by atoms with E-state index in [2.05, 4.69) is 0 Å². The maximum atomic E-state index is 5.59. The number of hydrogen-bond acceptors (Lipinski definition) is 1. The molecule has 1 heterocycles. The molecule has 2 rings (SSSR count). The lowest BCUT2D eigenvalue weighted by Gasteiger charge is -1.93. The quantitative estimate of drug-likeness (QED) is 0.576. The van der Waals surface area contributed by atoms with Crippen LogP contribution in [0.15, 0.2) is 29.8 Å². The molecule has 2 heteroatoms. The minimum absolute atomic E-state index is 0.600. The van der Waals surface area contributed by atoms with Crippen molar-refractivity contribution in [3.05, 3.63) is 35.4 Å². The van der Waals surface area contributed by atoms with E-state index in [-0.39, 0.29) is 0 Å². The number of fused-ring (bicyclic) bond motifs is 1. The predicted molar refractivity (Wildman–Crippen MR) is 45.8 cm³/mol. The Labute approximate surface area is 70.2 Å². The molecule has 0 bridgehead atoms. The molecular formula is C9H7ClO. The van der Waals surface area contributed by atoms with E-state index in [1.807, 2.05) is 24.3 Å². The first-order valence-corrected chi connectivity index (χ1v) is 3.87. The van der Waals surface area contributed by atoms with Crippen molar-refractivity contribution < 1.29 is 4.74 Å². The second-order valence-electron chi connectivity index (χ2n) is 2.42. The topological polar surface area (TPSA) is 9.23 Å². The van der Waals surface area contributed by atoms with Crippen LogP contribution in [0.3, 0.4) is 0 Å². The molecule has 0 radical (unpaired) electrons. The van der Waals surface area contributed by atoms with Gasteiger partial charge in [0.1, 0.15) is 12.4 Å². The molecule has 1 aromatic rings. The highest BCUT2D eigenvalue weighted by Gasteiger charge is 2.15. The molecule has 0 aliphatic carbocycles. The van der Waals surface area contributed by atoms with Gasteiger partial charge in [-0.3, -0.25) is 0 Å². The third-order valence-corrected chi connectivity index (χ3v) is 2.01. The molecule has 1 aromatic carbocycles. The second-order valence-corrected chi connectivity index (χ2v) is 2.64. The van der Waals surface area contributed by atoms with E-state index in [0.717, 1.165) is 16.9 Å². The zero-order valence-corrected chi connectivity index (χ0v) is 6.64. The Morgan fingerprint density at radius 2 is 2.18 bits per heavy atom. The number of rotatable bonds is 0. The smallest absolute Gasteiger partial charge is 0.127 e. The Morgan fingerprint density at radius 3 is 3.00 bits per heavy atom. The van der Waals surface area contributed by atoms with E-state index >= 15 is 0 Å². The SMILES string of the molecule is ClC=C1COc2ccccc21. The van der Waals surface area contributed by atoms with Crippen LogP contribution < -0.4 is 4.74 Å². The number of ether oxygens (including phenoxy) is 1. The van der Waals surface area contributed by atoms with Gasteiger partial charge in [0, 0.05) is 16.7 Å². The summed E-state index contributed by atoms with van der Waals surface area (Å²) in [5, 5.41) is 0. The van der Waals surface area contributed by atoms with Crippen molar-refractivity contribution >= 4 is 17.2 Å². The molecule has 0 N–H and O–H groups in total. The average Bonchev–Trinajstić information content (AvgIpc) is 2.47. The zero-order valence-electron chi connectivity index (χ0n) is 5.88. The van der Waals surface area contributed by atoms with Gasteiger partial charge in [0.05, 0.1) is 0 Å². The first-order chi connectivity index (χ1) is 5.42. The summed E-state index contributed by atoms with van der Waals surface area (Å²) in [4.78, 5) is 0. The number of benzene rings is 1. The fourth-order valence-corrected chi connectivity index (χ4v) is 1.36. The van der Waals surface area contributed by atoms with E-state index in [4.69, 9.17) is 16.3 Å². The molecule has 0 saturated carbocycles. The van der Waals surface area contributed by atoms with Gasteiger partial charge in [-0.05, 0) is 6.07 Å². The molecule has 0 aromatic heterocycles. The van der Waals surface area contributed by atoms with Crippen LogP contribution in [0, 0.1) is 0 Å². The maximum absolute atomic E-state index is 5.59. The lowest BCUT2D eigenvalue weighted by molar-refractivity contribution is 0.388. The molecule has 1 nitrogen and oxygen atoms in total. The van der Waals surface area contributed by atoms with Gasteiger partial charge in [-0.25, -0.2) is 0 Å². The van der Waals surface area contributed by atoms with Crippen LogP contribution in [0.2, 0.25) is 0 Å². The fraction of sp³-hybridized carbons (Fsp3) is 0.111. The van der Waals surface area contributed by atoms with Crippen LogP contribution >= 0.6 is 11.6 Å². The summed E-state index contributed by atoms with van der Waals surface area (Å²) in [6.45, 7) is 0.600. The summed E-state index contributed by atoms with van der Waals surface area (Å²) in [7, 11) is 0. The lowest BCUT2D eigenvalue weighted by Crippen LogP contribution is -1.85. The minimum Gasteiger partial charge on any atom is -0.488 e. The summed E-state index contributed by atoms with van der Waals surface area (Å²) in [6.07, 6.45) is 0. The number of halogens is 1. The Balaban J connectivity index is 2.55. The third-order valence-electron chi connectivity index (χ3n) is 1.75. The van der Waals surface area contributed by atoms with E-state index in [0.29, 0.717) is 6.61 Å². The monoisotopic (exact) mass is 166 g/mol. The van der Waals surface area contributed by atoms with Crippen molar-refractivity contribution in [1.29, 1.82) is 0 Å². The van der Waals surface area contributed by atoms with E-state index in [1.54, 1.807) is 5.54 Å². The molecule has 1 aliphatic heterocycles. The first kappa shape index (κ1) is 6.74. The summed E-state index contributed by atoms with van der Waals surface area (Å²) < 4.78 is 5.35. The van der Waals surface area contributed by atoms with Crippen LogP contribution in [-0.2, 0) is 0 Å². The molecule has 0 spiro atoms. The second kappa shape index (κ2) is 2.59. The predicted octanol–water partition coefficient (Wildman–Crippen LogP) is 2.66. The molecular weight excluding hydrogens is 160 g/mol. The normalized spacial score (nSPS) is 18.1. The summed E-state index contributed by atoms with van der Waals surface area (Å²) in [5.41, 5.74) is 3.75. The summed E-state index contributed by atoms with van der Waals surface area (Å²) in [5.74, 6) is 0.930. The Hall–Kier alpha value is -0.950. The van der Waals surface area contributed by atoms with Crippen LogP contribution in [-0.4, -0.2) is 6.61 Å². The van der Waals surface area contributed by atoms with Crippen LogP contribution in [0.4, 0.5) is 0 Å². The Bertz CT molecular complexity index is 304. The summed E-state index contributed by atoms with van der Waals surface area (Å²) >= 11 is 5.59. The van der Waals surface area contributed by atoms with Gasteiger partial charge < -0.3 is 4.74 Å². The van der Waals surface area contributed by atoms with Gasteiger partial charge in [-0.1, -0.05) is 29.8 Å². The van der Waals surface area contributed by atoms with Crippen molar-refractivity contribution in [3.8, 4) is 5.75 Å². The van der Waals surface area contributed by atoms with Crippen molar-refractivity contribution in [2.24, 2.45) is 0 Å². The van der Waals surface area contributed by atoms with Gasteiger partial charge in [0.15, 0.2) is 0 Å². The van der Waals surface area contributed by atoms with Crippen molar-refractivity contribution in [1.82, 2.24) is 0 Å². The highest BCUT2D eigenvalue weighted by Crippen LogP contribution is 2.32. The third kappa shape index (κ3) is 1.02. The fourth-order valence-electron chi connectivity index (χ4n) is 1.18. The van der Waals surface area contributed by atoms with Gasteiger partial charge >= 0.3 is 0 Å². The number of para-hydroxylation sites is 1. The summed E-state index contributed by atoms with van der Waals surface area (Å²) in [6, 6.07) is 7.89. The van der Waals surface area contributed by atoms with Crippen LogP contribution in [0.1, 0.15) is 5.56 Å². The highest BCUT2D eigenvalue weighted by molar-refractivity contribution is 6.28. The molecule has 0 atom stereocenters. The molecule has 0 unspecified atom stereocenters. The molecule has 0 amide bonds. The maximum Gasteiger partial charge on any atom is 0.127 e. The van der Waals surface area contributed by atoms with E-state index in [1.165, 1.54) is 0 Å². The molecule has 0 saturated heterocycles. The average molecular weight is 167 g/mol. The highest BCUT2D eigenvalue weighted by atomic mass is 35.5. The lowest BCUT2D eigenvalue weighted by atomic mass is 10.1. The largest absolute Gasteiger partial charge is 0.488 e.